The van der Waals surface area contributed by atoms with Gasteiger partial charge in [-0.3, -0.25) is 4.79 Å². The van der Waals surface area contributed by atoms with E-state index in [0.29, 0.717) is 30.5 Å². The SMILES string of the molecule is COc1ccc2c(c1)C[C@@H](N[C@H]1CC(=O)N(C3CC3)C1)CC2. The second-order valence-electron chi connectivity index (χ2n) is 6.92. The van der Waals surface area contributed by atoms with Crippen LogP contribution in [0.15, 0.2) is 18.2 Å². The molecule has 22 heavy (non-hydrogen) atoms. The molecule has 2 fully saturated rings. The summed E-state index contributed by atoms with van der Waals surface area (Å²) >= 11 is 0. The maximum Gasteiger partial charge on any atom is 0.224 e. The first-order valence-corrected chi connectivity index (χ1v) is 8.44. The molecule has 118 valence electrons. The van der Waals surface area contributed by atoms with Crippen LogP contribution in [-0.4, -0.2) is 42.6 Å². The molecule has 0 radical (unpaired) electrons. The lowest BCUT2D eigenvalue weighted by molar-refractivity contribution is -0.128. The molecule has 1 aromatic carbocycles. The molecule has 0 bridgehead atoms. The van der Waals surface area contributed by atoms with Crippen molar-refractivity contribution in [3.8, 4) is 5.75 Å². The van der Waals surface area contributed by atoms with Crippen LogP contribution in [0.3, 0.4) is 0 Å². The van der Waals surface area contributed by atoms with E-state index in [9.17, 15) is 4.79 Å². The number of aryl methyl sites for hydroxylation is 1. The maximum atomic E-state index is 12.1. The van der Waals surface area contributed by atoms with Crippen molar-refractivity contribution < 1.29 is 9.53 Å². The van der Waals surface area contributed by atoms with E-state index in [1.165, 1.54) is 24.0 Å². The van der Waals surface area contributed by atoms with Crippen molar-refractivity contribution in [2.24, 2.45) is 0 Å². The van der Waals surface area contributed by atoms with Gasteiger partial charge in [0.15, 0.2) is 0 Å². The smallest absolute Gasteiger partial charge is 0.224 e. The largest absolute Gasteiger partial charge is 0.497 e. The number of rotatable bonds is 4. The van der Waals surface area contributed by atoms with Gasteiger partial charge in [0.2, 0.25) is 5.91 Å². The molecule has 1 amide bonds. The third kappa shape index (κ3) is 2.72. The highest BCUT2D eigenvalue weighted by Gasteiger charge is 2.39. The number of carbonyl (C=O) groups excluding carboxylic acids is 1. The van der Waals surface area contributed by atoms with Crippen LogP contribution in [0.5, 0.6) is 5.75 Å². The molecule has 0 unspecified atom stereocenters. The number of amides is 1. The molecule has 3 aliphatic rings. The molecule has 4 heteroatoms. The van der Waals surface area contributed by atoms with Crippen molar-refractivity contribution in [1.29, 1.82) is 0 Å². The zero-order chi connectivity index (χ0) is 15.1. The van der Waals surface area contributed by atoms with Crippen LogP contribution in [0.4, 0.5) is 0 Å². The summed E-state index contributed by atoms with van der Waals surface area (Å²) in [7, 11) is 1.72. The van der Waals surface area contributed by atoms with E-state index in [1.807, 2.05) is 0 Å². The Hall–Kier alpha value is -1.55. The van der Waals surface area contributed by atoms with Crippen LogP contribution < -0.4 is 10.1 Å². The topological polar surface area (TPSA) is 41.6 Å². The Morgan fingerprint density at radius 1 is 1.14 bits per heavy atom. The second kappa shape index (κ2) is 5.58. The summed E-state index contributed by atoms with van der Waals surface area (Å²) in [6.07, 6.45) is 6.40. The lowest BCUT2D eigenvalue weighted by Crippen LogP contribution is -2.43. The van der Waals surface area contributed by atoms with Gasteiger partial charge in [0, 0.05) is 31.1 Å². The minimum Gasteiger partial charge on any atom is -0.497 e. The summed E-state index contributed by atoms with van der Waals surface area (Å²) < 4.78 is 5.34. The average molecular weight is 300 g/mol. The average Bonchev–Trinajstić information content (AvgIpc) is 3.30. The van der Waals surface area contributed by atoms with Crippen molar-refractivity contribution in [1.82, 2.24) is 10.2 Å². The van der Waals surface area contributed by atoms with Crippen LogP contribution in [0.25, 0.3) is 0 Å². The van der Waals surface area contributed by atoms with E-state index in [1.54, 1.807) is 7.11 Å². The molecule has 1 heterocycles. The Morgan fingerprint density at radius 3 is 2.77 bits per heavy atom. The standard InChI is InChI=1S/C18H24N2O2/c1-22-17-7-3-12-2-4-14(8-13(12)9-17)19-15-10-18(21)20(11-15)16-5-6-16/h3,7,9,14-16,19H,2,4-6,8,10-11H2,1H3/t14-,15-/m0/s1. The Morgan fingerprint density at radius 2 is 2.00 bits per heavy atom. The zero-order valence-electron chi connectivity index (χ0n) is 13.2. The predicted molar refractivity (Wildman–Crippen MR) is 85.1 cm³/mol. The highest BCUT2D eigenvalue weighted by Crippen LogP contribution is 2.31. The van der Waals surface area contributed by atoms with E-state index >= 15 is 0 Å². The first-order valence-electron chi connectivity index (χ1n) is 8.44. The summed E-state index contributed by atoms with van der Waals surface area (Å²) in [5.74, 6) is 1.29. The van der Waals surface area contributed by atoms with Gasteiger partial charge in [-0.2, -0.15) is 0 Å². The van der Waals surface area contributed by atoms with Gasteiger partial charge in [0.1, 0.15) is 5.75 Å². The number of hydrogen-bond donors (Lipinski definition) is 1. The molecule has 2 atom stereocenters. The van der Waals surface area contributed by atoms with E-state index in [-0.39, 0.29) is 0 Å². The van der Waals surface area contributed by atoms with Crippen molar-refractivity contribution >= 4 is 5.91 Å². The van der Waals surface area contributed by atoms with E-state index in [2.05, 4.69) is 28.4 Å². The first-order chi connectivity index (χ1) is 10.7. The van der Waals surface area contributed by atoms with E-state index < -0.39 is 0 Å². The van der Waals surface area contributed by atoms with Crippen LogP contribution in [0, 0.1) is 0 Å². The van der Waals surface area contributed by atoms with Gasteiger partial charge in [-0.15, -0.1) is 0 Å². The maximum absolute atomic E-state index is 12.1. The lowest BCUT2D eigenvalue weighted by atomic mass is 9.87. The molecule has 1 aromatic rings. The molecule has 4 rings (SSSR count). The summed E-state index contributed by atoms with van der Waals surface area (Å²) in [5.41, 5.74) is 2.84. The van der Waals surface area contributed by atoms with Gasteiger partial charge in [-0.25, -0.2) is 0 Å². The number of nitrogens with one attached hydrogen (secondary N) is 1. The highest BCUT2D eigenvalue weighted by atomic mass is 16.5. The number of methoxy groups -OCH3 is 1. The minimum atomic E-state index is 0.338. The molecule has 1 saturated heterocycles. The Labute approximate surface area is 131 Å². The van der Waals surface area contributed by atoms with Gasteiger partial charge < -0.3 is 15.0 Å². The fraction of sp³-hybridized carbons (Fsp3) is 0.611. The normalized spacial score (nSPS) is 27.9. The van der Waals surface area contributed by atoms with Gasteiger partial charge in [0.05, 0.1) is 7.11 Å². The lowest BCUT2D eigenvalue weighted by Gasteiger charge is -2.28. The summed E-state index contributed by atoms with van der Waals surface area (Å²) in [5, 5.41) is 3.74. The highest BCUT2D eigenvalue weighted by molar-refractivity contribution is 5.80. The Kier molecular flexibility index (Phi) is 3.57. The van der Waals surface area contributed by atoms with Crippen LogP contribution in [0.1, 0.15) is 36.8 Å². The van der Waals surface area contributed by atoms with Crippen molar-refractivity contribution in [3.63, 3.8) is 0 Å². The molecule has 1 aliphatic heterocycles. The number of hydrogen-bond acceptors (Lipinski definition) is 3. The second-order valence-corrected chi connectivity index (χ2v) is 6.92. The summed E-state index contributed by atoms with van der Waals surface area (Å²) in [4.78, 5) is 14.2. The number of nitrogens with zero attached hydrogens (tertiary/aromatic N) is 1. The molecule has 4 nitrogen and oxygen atoms in total. The monoisotopic (exact) mass is 300 g/mol. The number of fused-ring (bicyclic) bond motifs is 1. The van der Waals surface area contributed by atoms with Crippen molar-refractivity contribution in [3.05, 3.63) is 29.3 Å². The Balaban J connectivity index is 1.39. The zero-order valence-corrected chi connectivity index (χ0v) is 13.2. The molecular weight excluding hydrogens is 276 g/mol. The van der Waals surface area contributed by atoms with E-state index in [4.69, 9.17) is 4.74 Å². The summed E-state index contributed by atoms with van der Waals surface area (Å²) in [6.45, 7) is 0.908. The fourth-order valence-corrected chi connectivity index (χ4v) is 3.92. The van der Waals surface area contributed by atoms with Crippen LogP contribution in [-0.2, 0) is 17.6 Å². The summed E-state index contributed by atoms with van der Waals surface area (Å²) in [6, 6.07) is 7.78. The number of carbonyl (C=O) groups is 1. The van der Waals surface area contributed by atoms with Gasteiger partial charge >= 0.3 is 0 Å². The van der Waals surface area contributed by atoms with Crippen molar-refractivity contribution in [2.75, 3.05) is 13.7 Å². The minimum absolute atomic E-state index is 0.338. The first kappa shape index (κ1) is 14.1. The molecule has 1 N–H and O–H groups in total. The van der Waals surface area contributed by atoms with Crippen LogP contribution in [0.2, 0.25) is 0 Å². The number of benzene rings is 1. The number of ether oxygens (including phenoxy) is 1. The number of likely N-dealkylation sites (tertiary alicyclic amines) is 1. The Bertz CT molecular complexity index is 582. The third-order valence-electron chi connectivity index (χ3n) is 5.26. The molecule has 0 aromatic heterocycles. The van der Waals surface area contributed by atoms with Gasteiger partial charge in [-0.1, -0.05) is 6.07 Å². The molecule has 0 spiro atoms. The van der Waals surface area contributed by atoms with Gasteiger partial charge in [0.25, 0.3) is 0 Å². The van der Waals surface area contributed by atoms with Gasteiger partial charge in [-0.05, 0) is 55.4 Å². The van der Waals surface area contributed by atoms with Crippen LogP contribution >= 0.6 is 0 Å². The predicted octanol–water partition coefficient (Wildman–Crippen LogP) is 1.91. The fourth-order valence-electron chi connectivity index (χ4n) is 3.92. The molecular formula is C18H24N2O2. The third-order valence-corrected chi connectivity index (χ3v) is 5.26. The molecule has 2 aliphatic carbocycles. The molecule has 1 saturated carbocycles. The van der Waals surface area contributed by atoms with E-state index in [0.717, 1.165) is 31.6 Å². The van der Waals surface area contributed by atoms with Crippen molar-refractivity contribution in [2.45, 2.75) is 56.7 Å². The quantitative estimate of drug-likeness (QED) is 0.923.